The average molecular weight is 463 g/mol. The molecule has 0 amide bonds. The van der Waals surface area contributed by atoms with Crippen LogP contribution in [0, 0.1) is 11.6 Å². The third-order valence-electron chi connectivity index (χ3n) is 5.41. The van der Waals surface area contributed by atoms with Gasteiger partial charge in [-0.05, 0) is 54.5 Å². The summed E-state index contributed by atoms with van der Waals surface area (Å²) in [6.07, 6.45) is -0.526. The van der Waals surface area contributed by atoms with Gasteiger partial charge in [0.1, 0.15) is 17.4 Å². The van der Waals surface area contributed by atoms with Gasteiger partial charge in [0.15, 0.2) is 5.75 Å². The van der Waals surface area contributed by atoms with E-state index in [1.54, 1.807) is 12.1 Å². The quantitative estimate of drug-likeness (QED) is 0.232. The molecule has 2 nitrogen and oxygen atoms in total. The van der Waals surface area contributed by atoms with Gasteiger partial charge in [-0.2, -0.15) is 0 Å². The minimum atomic E-state index is -4.79. The van der Waals surface area contributed by atoms with Crippen molar-refractivity contribution in [2.75, 3.05) is 0 Å². The van der Waals surface area contributed by atoms with Crippen LogP contribution >= 0.6 is 0 Å². The van der Waals surface area contributed by atoms with Crippen LogP contribution in [0.15, 0.2) is 54.6 Å². The largest absolute Gasteiger partial charge is 0.573 e. The zero-order valence-corrected chi connectivity index (χ0v) is 18.1. The van der Waals surface area contributed by atoms with Gasteiger partial charge in [-0.15, -0.1) is 13.2 Å². The van der Waals surface area contributed by atoms with Crippen molar-refractivity contribution in [3.63, 3.8) is 0 Å². The van der Waals surface area contributed by atoms with Gasteiger partial charge in [-0.25, -0.2) is 8.78 Å². The number of halogens is 5. The normalized spacial score (nSPS) is 11.6. The summed E-state index contributed by atoms with van der Waals surface area (Å²) < 4.78 is 70.2. The van der Waals surface area contributed by atoms with Gasteiger partial charge in [0.25, 0.3) is 0 Å². The van der Waals surface area contributed by atoms with E-state index in [1.807, 2.05) is 12.1 Å². The molecule has 0 bridgehead atoms. The zero-order valence-electron chi connectivity index (χ0n) is 18.1. The van der Waals surface area contributed by atoms with E-state index in [9.17, 15) is 22.7 Å². The molecule has 0 aliphatic rings. The Hall–Kier alpha value is -3.09. The van der Waals surface area contributed by atoms with Crippen molar-refractivity contribution in [3.05, 3.63) is 82.9 Å². The summed E-state index contributed by atoms with van der Waals surface area (Å²) in [5.41, 5.74) is 1.63. The summed E-state index contributed by atoms with van der Waals surface area (Å²) in [6.45, 7) is 2.12. The molecule has 0 spiro atoms. The average Bonchev–Trinajstić information content (AvgIpc) is 2.75. The molecule has 3 aromatic rings. The molecular weight excluding hydrogens is 439 g/mol. The fourth-order valence-electron chi connectivity index (χ4n) is 3.68. The minimum Gasteiger partial charge on any atom is -0.406 e. The highest BCUT2D eigenvalue weighted by Gasteiger charge is 2.31. The van der Waals surface area contributed by atoms with Gasteiger partial charge in [-0.3, -0.25) is 5.11 Å². The summed E-state index contributed by atoms with van der Waals surface area (Å²) >= 11 is 0. The molecule has 1 radical (unpaired) electrons. The third-order valence-corrected chi connectivity index (χ3v) is 5.41. The van der Waals surface area contributed by atoms with Crippen LogP contribution in [0.2, 0.25) is 0 Å². The first-order chi connectivity index (χ1) is 15.7. The fourth-order valence-corrected chi connectivity index (χ4v) is 3.68. The molecule has 3 rings (SSSR count). The molecule has 0 fully saturated rings. The first-order valence-corrected chi connectivity index (χ1v) is 10.8. The molecule has 0 aliphatic carbocycles. The predicted molar refractivity (Wildman–Crippen MR) is 116 cm³/mol. The van der Waals surface area contributed by atoms with Gasteiger partial charge < -0.3 is 4.74 Å². The Bertz CT molecular complexity index is 1060. The van der Waals surface area contributed by atoms with Crippen molar-refractivity contribution in [3.8, 4) is 22.6 Å². The molecular formula is C26H24F5O2. The lowest BCUT2D eigenvalue weighted by atomic mass is 9.95. The van der Waals surface area contributed by atoms with E-state index in [0.29, 0.717) is 11.1 Å². The van der Waals surface area contributed by atoms with E-state index in [4.69, 9.17) is 0 Å². The summed E-state index contributed by atoms with van der Waals surface area (Å²) in [5, 5.41) is 12.3. The van der Waals surface area contributed by atoms with Crippen LogP contribution in [0.5, 0.6) is 11.5 Å². The van der Waals surface area contributed by atoms with E-state index >= 15 is 4.39 Å². The smallest absolute Gasteiger partial charge is 0.406 e. The lowest BCUT2D eigenvalue weighted by Crippen LogP contribution is -2.17. The number of benzene rings is 3. The van der Waals surface area contributed by atoms with Crippen LogP contribution < -0.4 is 4.74 Å². The number of rotatable bonds is 9. The molecule has 0 N–H and O–H groups in total. The Morgan fingerprint density at radius 3 is 2.03 bits per heavy atom. The Balaban J connectivity index is 1.77. The fraction of sp³-hybridized carbons (Fsp3) is 0.308. The van der Waals surface area contributed by atoms with E-state index in [-0.39, 0.29) is 29.7 Å². The first-order valence-electron chi connectivity index (χ1n) is 10.8. The summed E-state index contributed by atoms with van der Waals surface area (Å²) in [6, 6.07) is 12.9. The summed E-state index contributed by atoms with van der Waals surface area (Å²) in [5.74, 6) is -2.95. The van der Waals surface area contributed by atoms with Crippen LogP contribution in [0.3, 0.4) is 0 Å². The van der Waals surface area contributed by atoms with Gasteiger partial charge in [0, 0.05) is 11.6 Å². The monoisotopic (exact) mass is 463 g/mol. The zero-order chi connectivity index (χ0) is 24.0. The van der Waals surface area contributed by atoms with Gasteiger partial charge in [0.05, 0.1) is 5.56 Å². The van der Waals surface area contributed by atoms with Gasteiger partial charge >= 0.3 is 6.36 Å². The van der Waals surface area contributed by atoms with Gasteiger partial charge in [-0.1, -0.05) is 56.2 Å². The third kappa shape index (κ3) is 6.70. The van der Waals surface area contributed by atoms with Crippen molar-refractivity contribution in [2.24, 2.45) is 0 Å². The van der Waals surface area contributed by atoms with E-state index < -0.39 is 23.7 Å². The molecule has 0 unspecified atom stereocenters. The van der Waals surface area contributed by atoms with Crippen molar-refractivity contribution < 1.29 is 31.8 Å². The maximum atomic E-state index is 15.2. The number of unbranched alkanes of at least 4 members (excludes halogenated alkanes) is 2. The topological polar surface area (TPSA) is 29.1 Å². The standard InChI is InChI=1S/C26H24F5O2/c1-2-3-4-5-17-6-11-19(12-7-17)24-23(32)16-22(27)21(25(24)28)15-10-18-8-13-20(14-9-18)33-26(29,30)31/h6-9,11-14,16H,2-5,10,15H2,1H3. The molecule has 0 aliphatic heterocycles. The van der Waals surface area contributed by atoms with E-state index in [0.717, 1.165) is 49.4 Å². The van der Waals surface area contributed by atoms with Crippen molar-refractivity contribution in [1.82, 2.24) is 0 Å². The van der Waals surface area contributed by atoms with E-state index in [2.05, 4.69) is 11.7 Å². The highest BCUT2D eigenvalue weighted by molar-refractivity contribution is 5.72. The Kier molecular flexibility index (Phi) is 7.95. The Morgan fingerprint density at radius 2 is 1.42 bits per heavy atom. The second-order valence-corrected chi connectivity index (χ2v) is 7.87. The molecule has 0 atom stereocenters. The number of aryl methyl sites for hydroxylation is 2. The molecule has 33 heavy (non-hydrogen) atoms. The molecule has 0 saturated carbocycles. The first kappa shape index (κ1) is 24.6. The highest BCUT2D eigenvalue weighted by atomic mass is 19.4. The molecule has 0 aromatic heterocycles. The molecule has 7 heteroatoms. The second-order valence-electron chi connectivity index (χ2n) is 7.87. The van der Waals surface area contributed by atoms with Crippen LogP contribution in [0.4, 0.5) is 22.0 Å². The summed E-state index contributed by atoms with van der Waals surface area (Å²) in [7, 11) is 0. The predicted octanol–water partition coefficient (Wildman–Crippen LogP) is 8.19. The molecule has 175 valence electrons. The van der Waals surface area contributed by atoms with Crippen LogP contribution in [-0.2, 0) is 24.4 Å². The van der Waals surface area contributed by atoms with Crippen molar-refractivity contribution in [1.29, 1.82) is 0 Å². The Labute approximate surface area is 189 Å². The second kappa shape index (κ2) is 10.7. The number of alkyl halides is 3. The molecule has 0 saturated heterocycles. The van der Waals surface area contributed by atoms with E-state index in [1.165, 1.54) is 12.1 Å². The van der Waals surface area contributed by atoms with Crippen LogP contribution in [-0.4, -0.2) is 6.36 Å². The van der Waals surface area contributed by atoms with Crippen LogP contribution in [0.1, 0.15) is 42.9 Å². The maximum Gasteiger partial charge on any atom is 0.573 e. The SMILES string of the molecule is CCCCCc1ccc(-c2c([O])cc(F)c(CCc3ccc(OC(F)(F)F)cc3)c2F)cc1. The Morgan fingerprint density at radius 1 is 0.818 bits per heavy atom. The van der Waals surface area contributed by atoms with Crippen molar-refractivity contribution >= 4 is 0 Å². The maximum absolute atomic E-state index is 15.2. The molecule has 0 heterocycles. The lowest BCUT2D eigenvalue weighted by Gasteiger charge is -2.12. The molecule has 3 aromatic carbocycles. The van der Waals surface area contributed by atoms with Crippen molar-refractivity contribution in [2.45, 2.75) is 51.8 Å². The van der Waals surface area contributed by atoms with Gasteiger partial charge in [0.2, 0.25) is 0 Å². The minimum absolute atomic E-state index is 0.0560. The number of hydrogen-bond donors (Lipinski definition) is 0. The summed E-state index contributed by atoms with van der Waals surface area (Å²) in [4.78, 5) is 0. The number of ether oxygens (including phenoxy) is 1. The van der Waals surface area contributed by atoms with Crippen LogP contribution in [0.25, 0.3) is 11.1 Å². The highest BCUT2D eigenvalue weighted by Crippen LogP contribution is 2.36. The lowest BCUT2D eigenvalue weighted by molar-refractivity contribution is -0.274. The number of hydrogen-bond acceptors (Lipinski definition) is 1.